The number of anilines is 2. The molecule has 56 heavy (non-hydrogen) atoms. The molecular weight excluding hydrogens is 753 g/mol. The third kappa shape index (κ3) is 11.2. The molecule has 5 rings (SSSR count). The number of rotatable bonds is 13. The number of hydrogen-bond acceptors (Lipinski definition) is 10. The fourth-order valence-electron chi connectivity index (χ4n) is 5.65. The predicted molar refractivity (Wildman–Crippen MR) is 219 cm³/mol. The fourth-order valence-corrected chi connectivity index (χ4v) is 7.83. The van der Waals surface area contributed by atoms with Gasteiger partial charge in [-0.3, -0.25) is 14.4 Å². The number of thiophene rings is 1. The molecule has 0 fully saturated rings. The van der Waals surface area contributed by atoms with Crippen molar-refractivity contribution in [2.75, 3.05) is 30.4 Å². The van der Waals surface area contributed by atoms with Crippen molar-refractivity contribution in [3.8, 4) is 5.75 Å². The second kappa shape index (κ2) is 18.8. The number of carbonyl (C=O) groups is 5. The smallest absolute Gasteiger partial charge is 0.410 e. The van der Waals surface area contributed by atoms with Crippen LogP contribution in [-0.4, -0.2) is 65.3 Å². The maximum atomic E-state index is 13.7. The molecule has 1 aromatic heterocycles. The highest BCUT2D eigenvalue weighted by Gasteiger charge is 2.33. The summed E-state index contributed by atoms with van der Waals surface area (Å²) >= 11 is 2.51. The Morgan fingerprint density at radius 2 is 1.66 bits per heavy atom. The molecule has 3 aromatic carbocycles. The molecule has 1 atom stereocenters. The van der Waals surface area contributed by atoms with Crippen molar-refractivity contribution in [2.45, 2.75) is 70.3 Å². The fraction of sp³-hybridized carbons (Fsp3) is 0.310. The van der Waals surface area contributed by atoms with E-state index in [1.165, 1.54) is 23.1 Å². The SMILES string of the molecule is CCOC(=O)c1c(NC(=O)C(C)Sc2cccc(NC(=O)/C(=C\c3ccc(OCC)cc3)NC(=O)c3ccccc3)c2)sc2c1CCN(C(=O)OC(C)(C)C)C2. The summed E-state index contributed by atoms with van der Waals surface area (Å²) in [5.41, 5.74) is 1.95. The van der Waals surface area contributed by atoms with Gasteiger partial charge in [-0.2, -0.15) is 0 Å². The van der Waals surface area contributed by atoms with Gasteiger partial charge in [-0.15, -0.1) is 23.1 Å². The normalized spacial score (nSPS) is 13.2. The van der Waals surface area contributed by atoms with Gasteiger partial charge in [-0.05, 0) is 108 Å². The van der Waals surface area contributed by atoms with E-state index >= 15 is 0 Å². The Bertz CT molecular complexity index is 2090. The highest BCUT2D eigenvalue weighted by Crippen LogP contribution is 2.39. The highest BCUT2D eigenvalue weighted by molar-refractivity contribution is 8.00. The minimum absolute atomic E-state index is 0.0269. The first-order valence-corrected chi connectivity index (χ1v) is 19.9. The van der Waals surface area contributed by atoms with Gasteiger partial charge >= 0.3 is 12.1 Å². The summed E-state index contributed by atoms with van der Waals surface area (Å²) in [5.74, 6) is -1.19. The van der Waals surface area contributed by atoms with Crippen LogP contribution >= 0.6 is 23.1 Å². The Balaban J connectivity index is 1.29. The molecule has 0 aliphatic carbocycles. The number of nitrogens with one attached hydrogen (secondary N) is 3. The first-order chi connectivity index (χ1) is 26.7. The lowest BCUT2D eigenvalue weighted by Gasteiger charge is -2.30. The summed E-state index contributed by atoms with van der Waals surface area (Å²) in [6, 6.07) is 22.8. The zero-order valence-corrected chi connectivity index (χ0v) is 33.9. The van der Waals surface area contributed by atoms with Gasteiger partial charge in [-0.1, -0.05) is 36.4 Å². The van der Waals surface area contributed by atoms with E-state index in [1.807, 2.05) is 13.0 Å². The molecule has 0 saturated heterocycles. The minimum Gasteiger partial charge on any atom is -0.494 e. The molecule has 294 valence electrons. The van der Waals surface area contributed by atoms with Crippen molar-refractivity contribution < 1.29 is 38.2 Å². The average molecular weight is 799 g/mol. The van der Waals surface area contributed by atoms with Gasteiger partial charge in [0.15, 0.2) is 0 Å². The van der Waals surface area contributed by atoms with Gasteiger partial charge in [0, 0.05) is 27.6 Å². The van der Waals surface area contributed by atoms with Crippen LogP contribution in [0.25, 0.3) is 6.08 Å². The lowest BCUT2D eigenvalue weighted by atomic mass is 10.0. The monoisotopic (exact) mass is 798 g/mol. The maximum absolute atomic E-state index is 13.7. The number of hydrogen-bond donors (Lipinski definition) is 3. The number of esters is 1. The summed E-state index contributed by atoms with van der Waals surface area (Å²) in [6.45, 7) is 12.0. The second-order valence-corrected chi connectivity index (χ2v) is 16.2. The van der Waals surface area contributed by atoms with E-state index in [0.29, 0.717) is 57.6 Å². The highest BCUT2D eigenvalue weighted by atomic mass is 32.2. The topological polar surface area (TPSA) is 152 Å². The van der Waals surface area contributed by atoms with E-state index in [1.54, 1.807) is 118 Å². The second-order valence-electron chi connectivity index (χ2n) is 13.7. The van der Waals surface area contributed by atoms with Gasteiger partial charge in [0.1, 0.15) is 22.0 Å². The predicted octanol–water partition coefficient (Wildman–Crippen LogP) is 8.15. The average Bonchev–Trinajstić information content (AvgIpc) is 3.52. The number of amides is 4. The molecule has 4 amide bonds. The Kier molecular flexibility index (Phi) is 14.0. The molecule has 0 spiro atoms. The first kappa shape index (κ1) is 41.6. The number of carbonyl (C=O) groups excluding carboxylic acids is 5. The van der Waals surface area contributed by atoms with Crippen molar-refractivity contribution in [3.05, 3.63) is 112 Å². The van der Waals surface area contributed by atoms with Crippen LogP contribution in [0.5, 0.6) is 5.75 Å². The van der Waals surface area contributed by atoms with Crippen LogP contribution in [0.3, 0.4) is 0 Å². The summed E-state index contributed by atoms with van der Waals surface area (Å²) < 4.78 is 16.4. The minimum atomic E-state index is -0.654. The Morgan fingerprint density at radius 3 is 2.34 bits per heavy atom. The number of ether oxygens (including phenoxy) is 3. The molecule has 1 unspecified atom stereocenters. The first-order valence-electron chi connectivity index (χ1n) is 18.2. The van der Waals surface area contributed by atoms with Crippen LogP contribution < -0.4 is 20.7 Å². The van der Waals surface area contributed by atoms with Crippen molar-refractivity contribution in [2.24, 2.45) is 0 Å². The van der Waals surface area contributed by atoms with E-state index in [2.05, 4.69) is 16.0 Å². The summed E-state index contributed by atoms with van der Waals surface area (Å²) in [4.78, 5) is 69.4. The van der Waals surface area contributed by atoms with Crippen LogP contribution in [0.2, 0.25) is 0 Å². The van der Waals surface area contributed by atoms with Crippen LogP contribution in [0, 0.1) is 0 Å². The van der Waals surface area contributed by atoms with Crippen LogP contribution in [0.1, 0.15) is 78.3 Å². The summed E-state index contributed by atoms with van der Waals surface area (Å²) in [6.07, 6.45) is 1.55. The van der Waals surface area contributed by atoms with Gasteiger partial charge < -0.3 is 35.1 Å². The third-order valence-corrected chi connectivity index (χ3v) is 10.5. The van der Waals surface area contributed by atoms with Crippen LogP contribution in [-0.2, 0) is 32.0 Å². The largest absolute Gasteiger partial charge is 0.494 e. The van der Waals surface area contributed by atoms with Gasteiger partial charge in [0.25, 0.3) is 11.8 Å². The molecule has 1 aliphatic heterocycles. The lowest BCUT2D eigenvalue weighted by Crippen LogP contribution is -2.39. The third-order valence-electron chi connectivity index (χ3n) is 8.23. The van der Waals surface area contributed by atoms with Crippen LogP contribution in [0.4, 0.5) is 15.5 Å². The van der Waals surface area contributed by atoms with Crippen LogP contribution in [0.15, 0.2) is 89.5 Å². The molecule has 1 aliphatic rings. The Morgan fingerprint density at radius 1 is 0.929 bits per heavy atom. The zero-order valence-electron chi connectivity index (χ0n) is 32.2. The number of thioether (sulfide) groups is 1. The maximum Gasteiger partial charge on any atom is 0.410 e. The molecule has 0 bridgehead atoms. The van der Waals surface area contributed by atoms with E-state index in [-0.39, 0.29) is 24.8 Å². The van der Waals surface area contributed by atoms with Crippen molar-refractivity contribution in [1.82, 2.24) is 10.2 Å². The zero-order chi connectivity index (χ0) is 40.4. The van der Waals surface area contributed by atoms with Gasteiger partial charge in [0.05, 0.1) is 30.6 Å². The molecule has 14 heteroatoms. The van der Waals surface area contributed by atoms with Gasteiger partial charge in [-0.25, -0.2) is 9.59 Å². The van der Waals surface area contributed by atoms with E-state index < -0.39 is 34.7 Å². The van der Waals surface area contributed by atoms with Crippen molar-refractivity contribution in [1.29, 1.82) is 0 Å². The number of fused-ring (bicyclic) bond motifs is 1. The van der Waals surface area contributed by atoms with E-state index in [4.69, 9.17) is 14.2 Å². The Hall–Kier alpha value is -5.60. The number of benzene rings is 3. The van der Waals surface area contributed by atoms with Gasteiger partial charge in [0.2, 0.25) is 5.91 Å². The molecule has 2 heterocycles. The molecule has 3 N–H and O–H groups in total. The molecule has 4 aromatic rings. The molecule has 0 radical (unpaired) electrons. The summed E-state index contributed by atoms with van der Waals surface area (Å²) in [5, 5.41) is 8.30. The molecule has 12 nitrogen and oxygen atoms in total. The Labute approximate surface area is 335 Å². The standard InChI is InChI=1S/C42H46N4O8S2/c1-7-52-30-19-17-27(18-20-30)23-33(44-37(48)28-13-10-9-11-14-28)38(49)43-29-15-12-16-31(24-29)55-26(3)36(47)45-39-35(40(50)53-8-2)32-21-22-46(25-34(32)56-39)41(51)54-42(4,5)6/h9-20,23-24,26H,7-8,21-22,25H2,1-6H3,(H,43,49)(H,44,48)(H,45,47)/b33-23+. The molecular formula is C42H46N4O8S2. The quantitative estimate of drug-likeness (QED) is 0.0692. The summed E-state index contributed by atoms with van der Waals surface area (Å²) in [7, 11) is 0. The molecule has 0 saturated carbocycles. The van der Waals surface area contributed by atoms with E-state index in [0.717, 1.165) is 10.4 Å². The number of nitrogens with zero attached hydrogens (tertiary/aromatic N) is 1. The van der Waals surface area contributed by atoms with E-state index in [9.17, 15) is 24.0 Å². The van der Waals surface area contributed by atoms with Crippen molar-refractivity contribution in [3.63, 3.8) is 0 Å². The lowest BCUT2D eigenvalue weighted by molar-refractivity contribution is -0.115. The van der Waals surface area contributed by atoms with Crippen molar-refractivity contribution >= 4 is 69.6 Å².